The lowest BCUT2D eigenvalue weighted by atomic mass is 9.91. The Balaban J connectivity index is 1.21. The Hall–Kier alpha value is -2.95. The number of rotatable bonds is 8. The molecule has 1 fully saturated rings. The normalized spacial score (nSPS) is 15.5. The highest BCUT2D eigenvalue weighted by atomic mass is 16.7. The Bertz CT molecular complexity index is 874. The maximum absolute atomic E-state index is 11.8. The van der Waals surface area contributed by atoms with Crippen LogP contribution in [-0.2, 0) is 19.2 Å². The molecule has 0 atom stereocenters. The lowest BCUT2D eigenvalue weighted by molar-refractivity contribution is -0.197. The average Bonchev–Trinajstić information content (AvgIpc) is 3.23. The third kappa shape index (κ3) is 4.09. The number of hydrogen-bond acceptors (Lipinski definition) is 4. The van der Waals surface area contributed by atoms with Gasteiger partial charge in [0, 0.05) is 25.2 Å². The Morgan fingerprint density at radius 1 is 0.931 bits per heavy atom. The number of carbonyl (C=O) groups excluding carboxylic acids is 3. The zero-order valence-corrected chi connectivity index (χ0v) is 16.3. The van der Waals surface area contributed by atoms with E-state index in [0.717, 1.165) is 19.3 Å². The van der Waals surface area contributed by atoms with Gasteiger partial charge in [0.25, 0.3) is 11.8 Å². The summed E-state index contributed by atoms with van der Waals surface area (Å²) in [5.41, 5.74) is 5.42. The fraction of sp³-hybridized carbons (Fsp3) is 0.333. The van der Waals surface area contributed by atoms with E-state index in [1.165, 1.54) is 22.3 Å². The Morgan fingerprint density at radius 3 is 2.14 bits per heavy atom. The van der Waals surface area contributed by atoms with E-state index in [4.69, 9.17) is 4.84 Å². The van der Waals surface area contributed by atoms with Gasteiger partial charge in [0.15, 0.2) is 0 Å². The van der Waals surface area contributed by atoms with Crippen molar-refractivity contribution in [2.45, 2.75) is 50.9 Å². The smallest absolute Gasteiger partial charge is 0.330 e. The summed E-state index contributed by atoms with van der Waals surface area (Å²) in [7, 11) is 0. The van der Waals surface area contributed by atoms with E-state index in [0.29, 0.717) is 17.4 Å². The molecule has 0 N–H and O–H groups in total. The van der Waals surface area contributed by atoms with Crippen LogP contribution < -0.4 is 0 Å². The summed E-state index contributed by atoms with van der Waals surface area (Å²) in [5, 5.41) is 0.615. The number of unbranched alkanes of at least 4 members (excludes halogenated alkanes) is 3. The first-order valence-corrected chi connectivity index (χ1v) is 10.2. The summed E-state index contributed by atoms with van der Waals surface area (Å²) >= 11 is 0. The molecule has 2 amide bonds. The highest BCUT2D eigenvalue weighted by molar-refractivity contribution is 6.01. The van der Waals surface area contributed by atoms with Gasteiger partial charge in [0.1, 0.15) is 0 Å². The van der Waals surface area contributed by atoms with Gasteiger partial charge in [0.05, 0.1) is 0 Å². The first kappa shape index (κ1) is 19.4. The fourth-order valence-corrected chi connectivity index (χ4v) is 4.16. The topological polar surface area (TPSA) is 63.7 Å². The second-order valence-corrected chi connectivity index (χ2v) is 7.54. The Kier molecular flexibility index (Phi) is 5.74. The quantitative estimate of drug-likeness (QED) is 0.490. The number of benzene rings is 2. The number of nitrogens with zero attached hydrogens (tertiary/aromatic N) is 1. The number of carbonyl (C=O) groups is 3. The monoisotopic (exact) mass is 390 g/mol. The van der Waals surface area contributed by atoms with Crippen molar-refractivity contribution in [2.24, 2.45) is 0 Å². The van der Waals surface area contributed by atoms with Gasteiger partial charge in [-0.05, 0) is 41.5 Å². The SMILES string of the molecule is O=C(CCCC[CH]CC1c2ccccc2-c2ccccc21)ON1C(=O)CCC1=O. The maximum atomic E-state index is 11.8. The van der Waals surface area contributed by atoms with Crippen molar-refractivity contribution in [3.05, 3.63) is 66.1 Å². The standard InChI is InChI=1S/C24H24NO4/c26-22-15-16-23(27)25(22)29-24(28)14-4-2-1-3-9-17-18-10-5-7-12-20(18)21-13-8-6-11-19(17)21/h3,5-8,10-13,17H,1-2,4,9,14-16H2. The molecule has 4 rings (SSSR count). The molecule has 149 valence electrons. The maximum Gasteiger partial charge on any atom is 0.333 e. The first-order valence-electron chi connectivity index (χ1n) is 10.2. The van der Waals surface area contributed by atoms with E-state index in [1.54, 1.807) is 0 Å². The van der Waals surface area contributed by atoms with Crippen LogP contribution in [0.2, 0.25) is 0 Å². The zero-order chi connectivity index (χ0) is 20.2. The predicted octanol–water partition coefficient (Wildman–Crippen LogP) is 4.56. The summed E-state index contributed by atoms with van der Waals surface area (Å²) in [6.07, 6.45) is 6.16. The van der Waals surface area contributed by atoms with Crippen molar-refractivity contribution in [1.29, 1.82) is 0 Å². The number of imide groups is 1. The molecule has 1 aliphatic heterocycles. The summed E-state index contributed by atoms with van der Waals surface area (Å²) in [6, 6.07) is 17.2. The third-order valence-corrected chi connectivity index (χ3v) is 5.60. The van der Waals surface area contributed by atoms with Crippen LogP contribution in [0.15, 0.2) is 48.5 Å². The molecule has 1 radical (unpaired) electrons. The minimum atomic E-state index is -0.521. The van der Waals surface area contributed by atoms with Crippen LogP contribution >= 0.6 is 0 Å². The molecule has 2 aliphatic rings. The van der Waals surface area contributed by atoms with Gasteiger partial charge >= 0.3 is 5.97 Å². The molecule has 0 unspecified atom stereocenters. The Morgan fingerprint density at radius 2 is 1.52 bits per heavy atom. The second kappa shape index (κ2) is 8.60. The molecule has 2 aromatic rings. The molecule has 1 saturated heterocycles. The van der Waals surface area contributed by atoms with Gasteiger partial charge in [-0.15, -0.1) is 5.06 Å². The molecule has 1 heterocycles. The first-order chi connectivity index (χ1) is 14.1. The molecule has 5 heteroatoms. The largest absolute Gasteiger partial charge is 0.333 e. The van der Waals surface area contributed by atoms with E-state index in [9.17, 15) is 14.4 Å². The van der Waals surface area contributed by atoms with Crippen LogP contribution in [-0.4, -0.2) is 22.8 Å². The molecule has 5 nitrogen and oxygen atoms in total. The highest BCUT2D eigenvalue weighted by Crippen LogP contribution is 2.46. The van der Waals surface area contributed by atoms with Gasteiger partial charge < -0.3 is 4.84 Å². The minimum absolute atomic E-state index is 0.120. The molecule has 29 heavy (non-hydrogen) atoms. The number of amides is 2. The minimum Gasteiger partial charge on any atom is -0.330 e. The van der Waals surface area contributed by atoms with Crippen molar-refractivity contribution in [3.63, 3.8) is 0 Å². The van der Waals surface area contributed by atoms with Gasteiger partial charge in [-0.3, -0.25) is 9.59 Å². The van der Waals surface area contributed by atoms with Crippen LogP contribution in [0.3, 0.4) is 0 Å². The van der Waals surface area contributed by atoms with Crippen LogP contribution in [0.25, 0.3) is 11.1 Å². The predicted molar refractivity (Wildman–Crippen MR) is 108 cm³/mol. The summed E-state index contributed by atoms with van der Waals surface area (Å²) in [4.78, 5) is 39.6. The number of hydroxylamine groups is 2. The van der Waals surface area contributed by atoms with Gasteiger partial charge in [-0.1, -0.05) is 61.4 Å². The molecule has 0 aromatic heterocycles. The van der Waals surface area contributed by atoms with Gasteiger partial charge in [-0.2, -0.15) is 0 Å². The molecule has 1 aliphatic carbocycles. The summed E-state index contributed by atoms with van der Waals surface area (Å²) in [6.45, 7) is 0. The van der Waals surface area contributed by atoms with E-state index < -0.39 is 17.8 Å². The van der Waals surface area contributed by atoms with Crippen LogP contribution in [0.4, 0.5) is 0 Å². The van der Waals surface area contributed by atoms with E-state index >= 15 is 0 Å². The highest BCUT2D eigenvalue weighted by Gasteiger charge is 2.32. The molecular weight excluding hydrogens is 366 g/mol. The lowest BCUT2D eigenvalue weighted by Crippen LogP contribution is -2.31. The lowest BCUT2D eigenvalue weighted by Gasteiger charge is -2.13. The average molecular weight is 390 g/mol. The van der Waals surface area contributed by atoms with Crippen molar-refractivity contribution in [1.82, 2.24) is 5.06 Å². The zero-order valence-electron chi connectivity index (χ0n) is 16.3. The Labute approximate surface area is 170 Å². The third-order valence-electron chi connectivity index (χ3n) is 5.60. The van der Waals surface area contributed by atoms with Crippen molar-refractivity contribution in [2.75, 3.05) is 0 Å². The van der Waals surface area contributed by atoms with Crippen molar-refractivity contribution < 1.29 is 19.2 Å². The van der Waals surface area contributed by atoms with Gasteiger partial charge in [0.2, 0.25) is 0 Å². The van der Waals surface area contributed by atoms with Crippen LogP contribution in [0.5, 0.6) is 0 Å². The summed E-state index contributed by atoms with van der Waals surface area (Å²) < 4.78 is 0. The second-order valence-electron chi connectivity index (χ2n) is 7.54. The molecular formula is C24H24NO4. The number of hydrogen-bond donors (Lipinski definition) is 0. The van der Waals surface area contributed by atoms with E-state index in [-0.39, 0.29) is 19.3 Å². The fourth-order valence-electron chi connectivity index (χ4n) is 4.16. The van der Waals surface area contributed by atoms with Crippen molar-refractivity contribution in [3.8, 4) is 11.1 Å². The molecule has 2 aromatic carbocycles. The summed E-state index contributed by atoms with van der Waals surface area (Å²) in [5.74, 6) is -1.01. The van der Waals surface area contributed by atoms with Crippen LogP contribution in [0, 0.1) is 6.42 Å². The van der Waals surface area contributed by atoms with Crippen LogP contribution in [0.1, 0.15) is 62.0 Å². The molecule has 0 saturated carbocycles. The van der Waals surface area contributed by atoms with Crippen molar-refractivity contribution >= 4 is 17.8 Å². The molecule has 0 bridgehead atoms. The van der Waals surface area contributed by atoms with E-state index in [2.05, 4.69) is 55.0 Å². The number of fused-ring (bicyclic) bond motifs is 3. The van der Waals surface area contributed by atoms with Gasteiger partial charge in [-0.25, -0.2) is 4.79 Å². The van der Waals surface area contributed by atoms with E-state index in [1.807, 2.05) is 0 Å². The molecule has 0 spiro atoms.